The van der Waals surface area contributed by atoms with Crippen LogP contribution in [-0.2, 0) is 10.0 Å². The number of nitrogens with one attached hydrogen (secondary N) is 1. The summed E-state index contributed by atoms with van der Waals surface area (Å²) < 4.78 is 27.1. The summed E-state index contributed by atoms with van der Waals surface area (Å²) in [5, 5.41) is 0. The molecule has 0 fully saturated rings. The molecule has 0 aliphatic carbocycles. The lowest BCUT2D eigenvalue weighted by atomic mass is 10.1. The number of sulfonamides is 1. The third-order valence-corrected chi connectivity index (χ3v) is 4.14. The second-order valence-corrected chi connectivity index (χ2v) is 6.17. The number of rotatable bonds is 3. The Labute approximate surface area is 113 Å². The van der Waals surface area contributed by atoms with Crippen LogP contribution < -0.4 is 10.5 Å². The van der Waals surface area contributed by atoms with E-state index < -0.39 is 10.0 Å². The molecule has 19 heavy (non-hydrogen) atoms. The molecular formula is C14H16N2O2S. The van der Waals surface area contributed by atoms with Gasteiger partial charge >= 0.3 is 0 Å². The van der Waals surface area contributed by atoms with Crippen LogP contribution in [0.2, 0.25) is 0 Å². The first kappa shape index (κ1) is 13.4. The Balaban J connectivity index is 2.39. The van der Waals surface area contributed by atoms with Crippen molar-refractivity contribution in [3.05, 3.63) is 53.6 Å². The number of nitrogens with two attached hydrogens (primary N) is 1. The maximum absolute atomic E-state index is 12.3. The van der Waals surface area contributed by atoms with Crippen LogP contribution in [0.15, 0.2) is 47.4 Å². The van der Waals surface area contributed by atoms with Crippen LogP contribution in [0.1, 0.15) is 11.1 Å². The van der Waals surface area contributed by atoms with Crippen LogP contribution in [0.25, 0.3) is 0 Å². The summed E-state index contributed by atoms with van der Waals surface area (Å²) in [6, 6.07) is 11.9. The highest BCUT2D eigenvalue weighted by Crippen LogP contribution is 2.22. The van der Waals surface area contributed by atoms with Crippen molar-refractivity contribution in [1.29, 1.82) is 0 Å². The lowest BCUT2D eigenvalue weighted by Crippen LogP contribution is -2.14. The molecule has 2 aromatic rings. The van der Waals surface area contributed by atoms with E-state index in [0.717, 1.165) is 11.1 Å². The van der Waals surface area contributed by atoms with Crippen molar-refractivity contribution >= 4 is 21.4 Å². The van der Waals surface area contributed by atoms with Crippen LogP contribution in [0.3, 0.4) is 0 Å². The van der Waals surface area contributed by atoms with Gasteiger partial charge in [-0.05, 0) is 49.2 Å². The monoisotopic (exact) mass is 276 g/mol. The van der Waals surface area contributed by atoms with Crippen molar-refractivity contribution in [2.24, 2.45) is 0 Å². The third-order valence-electron chi connectivity index (χ3n) is 2.68. The molecule has 4 nitrogen and oxygen atoms in total. The maximum Gasteiger partial charge on any atom is 0.263 e. The van der Waals surface area contributed by atoms with Gasteiger partial charge in [-0.25, -0.2) is 8.42 Å². The Morgan fingerprint density at radius 3 is 2.16 bits per heavy atom. The van der Waals surface area contributed by atoms with E-state index in [0.29, 0.717) is 5.69 Å². The predicted molar refractivity (Wildman–Crippen MR) is 77.6 cm³/mol. The summed E-state index contributed by atoms with van der Waals surface area (Å²) in [4.78, 5) is 0.0918. The zero-order chi connectivity index (χ0) is 14.0. The second-order valence-electron chi connectivity index (χ2n) is 4.52. The molecule has 0 unspecified atom stereocenters. The van der Waals surface area contributed by atoms with Gasteiger partial charge in [0.1, 0.15) is 4.90 Å². The van der Waals surface area contributed by atoms with E-state index in [-0.39, 0.29) is 10.6 Å². The van der Waals surface area contributed by atoms with E-state index in [2.05, 4.69) is 4.72 Å². The van der Waals surface area contributed by atoms with Gasteiger partial charge in [0.15, 0.2) is 0 Å². The van der Waals surface area contributed by atoms with Crippen LogP contribution in [0, 0.1) is 13.8 Å². The molecule has 0 saturated heterocycles. The molecule has 0 radical (unpaired) electrons. The van der Waals surface area contributed by atoms with Crippen LogP contribution in [-0.4, -0.2) is 8.42 Å². The topological polar surface area (TPSA) is 72.2 Å². The third kappa shape index (κ3) is 3.06. The Hall–Kier alpha value is -2.01. The molecule has 0 amide bonds. The molecule has 0 spiro atoms. The Morgan fingerprint density at radius 1 is 1.00 bits per heavy atom. The summed E-state index contributed by atoms with van der Waals surface area (Å²) in [7, 11) is -3.65. The number of anilines is 2. The lowest BCUT2D eigenvalue weighted by molar-refractivity contribution is 0.601. The highest BCUT2D eigenvalue weighted by Gasteiger charge is 2.17. The number of benzene rings is 2. The fourth-order valence-corrected chi connectivity index (χ4v) is 3.14. The second kappa shape index (κ2) is 4.93. The highest BCUT2D eigenvalue weighted by atomic mass is 32.2. The molecule has 0 saturated carbocycles. The van der Waals surface area contributed by atoms with E-state index in [4.69, 9.17) is 5.73 Å². The average Bonchev–Trinajstić information content (AvgIpc) is 2.26. The van der Waals surface area contributed by atoms with E-state index in [1.54, 1.807) is 30.3 Å². The smallest absolute Gasteiger partial charge is 0.263 e. The summed E-state index contributed by atoms with van der Waals surface area (Å²) in [5.41, 5.74) is 8.48. The largest absolute Gasteiger partial charge is 0.398 e. The Kier molecular flexibility index (Phi) is 3.48. The van der Waals surface area contributed by atoms with Crippen LogP contribution in [0.5, 0.6) is 0 Å². The molecule has 0 aromatic heterocycles. The zero-order valence-corrected chi connectivity index (χ0v) is 11.7. The molecule has 0 bridgehead atoms. The summed E-state index contributed by atoms with van der Waals surface area (Å²) in [5.74, 6) is 0. The molecular weight excluding hydrogens is 260 g/mol. The minimum absolute atomic E-state index is 0.0918. The van der Waals surface area contributed by atoms with Crippen LogP contribution >= 0.6 is 0 Å². The van der Waals surface area contributed by atoms with Gasteiger partial charge < -0.3 is 5.73 Å². The van der Waals surface area contributed by atoms with Crippen molar-refractivity contribution in [3.8, 4) is 0 Å². The Bertz CT molecular complexity index is 689. The molecule has 5 heteroatoms. The SMILES string of the molecule is Cc1cc(C)cc(NS(=O)(=O)c2ccccc2N)c1. The van der Waals surface area contributed by atoms with Crippen molar-refractivity contribution in [2.75, 3.05) is 10.5 Å². The zero-order valence-electron chi connectivity index (χ0n) is 10.8. The summed E-state index contributed by atoms with van der Waals surface area (Å²) in [6.45, 7) is 3.84. The van der Waals surface area contributed by atoms with Gasteiger partial charge in [-0.3, -0.25) is 4.72 Å². The molecule has 2 aromatic carbocycles. The fraction of sp³-hybridized carbons (Fsp3) is 0.143. The van der Waals surface area contributed by atoms with E-state index in [1.165, 1.54) is 6.07 Å². The van der Waals surface area contributed by atoms with Crippen molar-refractivity contribution in [2.45, 2.75) is 18.7 Å². The highest BCUT2D eigenvalue weighted by molar-refractivity contribution is 7.92. The molecule has 0 heterocycles. The van der Waals surface area contributed by atoms with E-state index in [9.17, 15) is 8.42 Å². The van der Waals surface area contributed by atoms with Gasteiger partial charge in [0.25, 0.3) is 10.0 Å². The average molecular weight is 276 g/mol. The maximum atomic E-state index is 12.3. The molecule has 0 atom stereocenters. The Morgan fingerprint density at radius 2 is 1.58 bits per heavy atom. The van der Waals surface area contributed by atoms with Gasteiger partial charge in [0.2, 0.25) is 0 Å². The van der Waals surface area contributed by atoms with Crippen molar-refractivity contribution in [1.82, 2.24) is 0 Å². The lowest BCUT2D eigenvalue weighted by Gasteiger charge is -2.11. The standard InChI is InChI=1S/C14H16N2O2S/c1-10-7-11(2)9-12(8-10)16-19(17,18)14-6-4-3-5-13(14)15/h3-9,16H,15H2,1-2H3. The number of para-hydroxylation sites is 1. The molecule has 0 aliphatic rings. The van der Waals surface area contributed by atoms with Crippen molar-refractivity contribution < 1.29 is 8.42 Å². The van der Waals surface area contributed by atoms with Gasteiger partial charge in [-0.1, -0.05) is 18.2 Å². The van der Waals surface area contributed by atoms with Crippen molar-refractivity contribution in [3.63, 3.8) is 0 Å². The van der Waals surface area contributed by atoms with Gasteiger partial charge in [0.05, 0.1) is 5.69 Å². The van der Waals surface area contributed by atoms with Gasteiger partial charge in [-0.2, -0.15) is 0 Å². The summed E-state index contributed by atoms with van der Waals surface area (Å²) in [6.07, 6.45) is 0. The van der Waals surface area contributed by atoms with E-state index >= 15 is 0 Å². The van der Waals surface area contributed by atoms with Gasteiger partial charge in [0, 0.05) is 5.69 Å². The fourth-order valence-electron chi connectivity index (χ4n) is 1.97. The van der Waals surface area contributed by atoms with Gasteiger partial charge in [-0.15, -0.1) is 0 Å². The summed E-state index contributed by atoms with van der Waals surface area (Å²) >= 11 is 0. The first-order chi connectivity index (χ1) is 8.88. The first-order valence-corrected chi connectivity index (χ1v) is 7.32. The molecule has 3 N–H and O–H groups in total. The first-order valence-electron chi connectivity index (χ1n) is 5.84. The van der Waals surface area contributed by atoms with Crippen LogP contribution in [0.4, 0.5) is 11.4 Å². The van der Waals surface area contributed by atoms with E-state index in [1.807, 2.05) is 19.9 Å². The number of aryl methyl sites for hydroxylation is 2. The minimum Gasteiger partial charge on any atom is -0.398 e. The molecule has 0 aliphatic heterocycles. The molecule has 100 valence electrons. The quantitative estimate of drug-likeness (QED) is 0.847. The molecule has 2 rings (SSSR count). The number of nitrogen functional groups attached to an aromatic ring is 1. The number of hydrogen-bond acceptors (Lipinski definition) is 3. The number of hydrogen-bond donors (Lipinski definition) is 2. The normalized spacial score (nSPS) is 11.3. The predicted octanol–water partition coefficient (Wildman–Crippen LogP) is 2.69. The minimum atomic E-state index is -3.65.